The van der Waals surface area contributed by atoms with Crippen LogP contribution >= 0.6 is 0 Å². The molecule has 0 saturated heterocycles. The zero-order valence-corrected chi connectivity index (χ0v) is 11.1. The van der Waals surface area contributed by atoms with Crippen LogP contribution in [0.5, 0.6) is 0 Å². The van der Waals surface area contributed by atoms with Crippen LogP contribution < -0.4 is 5.32 Å². The lowest BCUT2D eigenvalue weighted by Crippen LogP contribution is -2.20. The van der Waals surface area contributed by atoms with Crippen LogP contribution in [-0.4, -0.2) is 18.5 Å². The highest BCUT2D eigenvalue weighted by Gasteiger charge is 2.05. The number of benzene rings is 1. The van der Waals surface area contributed by atoms with Crippen molar-refractivity contribution in [2.24, 2.45) is 0 Å². The topological polar surface area (TPSA) is 55.4 Å². The molecule has 0 aliphatic rings. The number of allylic oxidation sites excluding steroid dienone is 3. The number of anilines is 1. The predicted molar refractivity (Wildman–Crippen MR) is 74.7 cm³/mol. The smallest absolute Gasteiger partial charge is 0.331 e. The van der Waals surface area contributed by atoms with E-state index in [9.17, 15) is 9.59 Å². The number of carbonyl (C=O) groups excluding carboxylic acids is 2. The standard InChI is InChI=1S/C15H17NO3/c1-3-4-5-9-15(18)19-11-14(17)16-13-8-6-7-12(2)10-13/h3-10H,11H2,1-2H3,(H,16,17). The Kier molecular flexibility index (Phi) is 6.09. The molecule has 1 amide bonds. The number of aryl methyl sites for hydroxylation is 1. The van der Waals surface area contributed by atoms with Crippen LogP contribution in [0.4, 0.5) is 5.69 Å². The first-order valence-corrected chi connectivity index (χ1v) is 5.94. The molecule has 4 nitrogen and oxygen atoms in total. The Balaban J connectivity index is 2.38. The number of amides is 1. The van der Waals surface area contributed by atoms with E-state index in [4.69, 9.17) is 4.74 Å². The van der Waals surface area contributed by atoms with Gasteiger partial charge in [0.1, 0.15) is 0 Å². The monoisotopic (exact) mass is 259 g/mol. The SMILES string of the molecule is CC=CC=CC(=O)OCC(=O)Nc1cccc(C)c1. The number of nitrogens with one attached hydrogen (secondary N) is 1. The molecule has 4 heteroatoms. The third-order valence-electron chi connectivity index (χ3n) is 2.18. The summed E-state index contributed by atoms with van der Waals surface area (Å²) in [4.78, 5) is 22.7. The molecule has 1 N–H and O–H groups in total. The molecule has 0 atom stereocenters. The zero-order chi connectivity index (χ0) is 14.1. The van der Waals surface area contributed by atoms with E-state index in [1.807, 2.05) is 32.0 Å². The normalized spacial score (nSPS) is 10.8. The summed E-state index contributed by atoms with van der Waals surface area (Å²) < 4.78 is 4.78. The fraction of sp³-hybridized carbons (Fsp3) is 0.200. The molecule has 0 unspecified atom stereocenters. The van der Waals surface area contributed by atoms with Gasteiger partial charge in [-0.2, -0.15) is 0 Å². The molecule has 19 heavy (non-hydrogen) atoms. The number of rotatable bonds is 5. The van der Waals surface area contributed by atoms with Gasteiger partial charge in [-0.15, -0.1) is 0 Å². The summed E-state index contributed by atoms with van der Waals surface area (Å²) in [6.45, 7) is 3.47. The molecule has 0 saturated carbocycles. The second kappa shape index (κ2) is 7.87. The van der Waals surface area contributed by atoms with Gasteiger partial charge in [-0.05, 0) is 31.5 Å². The van der Waals surface area contributed by atoms with Gasteiger partial charge in [0.05, 0.1) is 0 Å². The van der Waals surface area contributed by atoms with Crippen molar-refractivity contribution >= 4 is 17.6 Å². The highest BCUT2D eigenvalue weighted by atomic mass is 16.5. The molecule has 0 bridgehead atoms. The second-order valence-corrected chi connectivity index (χ2v) is 3.91. The molecule has 0 aliphatic heterocycles. The number of ether oxygens (including phenoxy) is 1. The summed E-state index contributed by atoms with van der Waals surface area (Å²) >= 11 is 0. The average molecular weight is 259 g/mol. The lowest BCUT2D eigenvalue weighted by molar-refractivity contribution is -0.142. The maximum absolute atomic E-state index is 11.5. The van der Waals surface area contributed by atoms with Crippen molar-refractivity contribution in [2.45, 2.75) is 13.8 Å². The van der Waals surface area contributed by atoms with Gasteiger partial charge in [0.25, 0.3) is 5.91 Å². The third-order valence-corrected chi connectivity index (χ3v) is 2.18. The van der Waals surface area contributed by atoms with E-state index in [1.54, 1.807) is 24.3 Å². The van der Waals surface area contributed by atoms with E-state index in [0.717, 1.165) is 5.56 Å². The Morgan fingerprint density at radius 3 is 2.79 bits per heavy atom. The average Bonchev–Trinajstić information content (AvgIpc) is 2.37. The number of carbonyl (C=O) groups is 2. The van der Waals surface area contributed by atoms with Crippen molar-refractivity contribution in [1.29, 1.82) is 0 Å². The van der Waals surface area contributed by atoms with Crippen LogP contribution in [0, 0.1) is 6.92 Å². The summed E-state index contributed by atoms with van der Waals surface area (Å²) in [6.07, 6.45) is 6.31. The maximum Gasteiger partial charge on any atom is 0.331 e. The summed E-state index contributed by atoms with van der Waals surface area (Å²) in [5.41, 5.74) is 1.73. The molecule has 0 heterocycles. The minimum absolute atomic E-state index is 0.299. The van der Waals surface area contributed by atoms with E-state index in [-0.39, 0.29) is 12.5 Å². The van der Waals surface area contributed by atoms with E-state index in [2.05, 4.69) is 5.32 Å². The lowest BCUT2D eigenvalue weighted by atomic mass is 10.2. The van der Waals surface area contributed by atoms with Crippen LogP contribution in [-0.2, 0) is 14.3 Å². The number of hydrogen-bond acceptors (Lipinski definition) is 3. The summed E-state index contributed by atoms with van der Waals surface area (Å²) in [7, 11) is 0. The first-order chi connectivity index (χ1) is 9.11. The van der Waals surface area contributed by atoms with Crippen molar-refractivity contribution in [2.75, 3.05) is 11.9 Å². The van der Waals surface area contributed by atoms with Gasteiger partial charge >= 0.3 is 5.97 Å². The van der Waals surface area contributed by atoms with Crippen LogP contribution in [0.15, 0.2) is 48.6 Å². The van der Waals surface area contributed by atoms with Crippen LogP contribution in [0.25, 0.3) is 0 Å². The fourth-order valence-electron chi connectivity index (χ4n) is 1.35. The van der Waals surface area contributed by atoms with Crippen LogP contribution in [0.2, 0.25) is 0 Å². The van der Waals surface area contributed by atoms with Gasteiger partial charge in [0, 0.05) is 11.8 Å². The lowest BCUT2D eigenvalue weighted by Gasteiger charge is -2.05. The van der Waals surface area contributed by atoms with Gasteiger partial charge in [0.2, 0.25) is 0 Å². The van der Waals surface area contributed by atoms with Gasteiger partial charge in [-0.25, -0.2) is 4.79 Å². The van der Waals surface area contributed by atoms with Crippen molar-refractivity contribution < 1.29 is 14.3 Å². The van der Waals surface area contributed by atoms with E-state index >= 15 is 0 Å². The quantitative estimate of drug-likeness (QED) is 0.502. The Hall–Kier alpha value is -2.36. The van der Waals surface area contributed by atoms with Gasteiger partial charge in [-0.3, -0.25) is 4.79 Å². The van der Waals surface area contributed by atoms with Gasteiger partial charge in [-0.1, -0.05) is 30.4 Å². The third kappa shape index (κ3) is 6.21. The Morgan fingerprint density at radius 1 is 1.32 bits per heavy atom. The number of hydrogen-bond donors (Lipinski definition) is 1. The van der Waals surface area contributed by atoms with Crippen molar-refractivity contribution in [1.82, 2.24) is 0 Å². The minimum atomic E-state index is -0.544. The molecule has 1 rings (SSSR count). The molecule has 0 aromatic heterocycles. The number of esters is 1. The molecule has 1 aromatic rings. The molecular formula is C15H17NO3. The molecule has 100 valence electrons. The second-order valence-electron chi connectivity index (χ2n) is 3.91. The maximum atomic E-state index is 11.5. The molecular weight excluding hydrogens is 242 g/mol. The predicted octanol–water partition coefficient (Wildman–Crippen LogP) is 2.61. The van der Waals surface area contributed by atoms with E-state index < -0.39 is 5.97 Å². The molecule has 0 aliphatic carbocycles. The minimum Gasteiger partial charge on any atom is -0.452 e. The fourth-order valence-corrected chi connectivity index (χ4v) is 1.35. The first-order valence-electron chi connectivity index (χ1n) is 5.94. The molecule has 0 spiro atoms. The van der Waals surface area contributed by atoms with Crippen LogP contribution in [0.1, 0.15) is 12.5 Å². The van der Waals surface area contributed by atoms with Crippen molar-refractivity contribution in [3.63, 3.8) is 0 Å². The highest BCUT2D eigenvalue weighted by Crippen LogP contribution is 2.09. The van der Waals surface area contributed by atoms with Crippen LogP contribution in [0.3, 0.4) is 0 Å². The molecule has 0 radical (unpaired) electrons. The summed E-state index contributed by atoms with van der Waals surface area (Å²) in [6, 6.07) is 7.39. The summed E-state index contributed by atoms with van der Waals surface area (Å²) in [5, 5.41) is 2.65. The van der Waals surface area contributed by atoms with Gasteiger partial charge in [0.15, 0.2) is 6.61 Å². The van der Waals surface area contributed by atoms with E-state index in [0.29, 0.717) is 5.69 Å². The molecule has 0 fully saturated rings. The van der Waals surface area contributed by atoms with Crippen molar-refractivity contribution in [3.05, 3.63) is 54.1 Å². The van der Waals surface area contributed by atoms with E-state index in [1.165, 1.54) is 6.08 Å². The van der Waals surface area contributed by atoms with Gasteiger partial charge < -0.3 is 10.1 Å². The zero-order valence-electron chi connectivity index (χ0n) is 11.1. The summed E-state index contributed by atoms with van der Waals surface area (Å²) in [5.74, 6) is -0.907. The Morgan fingerprint density at radius 2 is 2.11 bits per heavy atom. The largest absolute Gasteiger partial charge is 0.452 e. The Bertz CT molecular complexity index is 504. The molecule has 1 aromatic carbocycles. The first kappa shape index (κ1) is 14.7. The highest BCUT2D eigenvalue weighted by molar-refractivity contribution is 5.93. The van der Waals surface area contributed by atoms with Crippen molar-refractivity contribution in [3.8, 4) is 0 Å². The Labute approximate surface area is 112 Å².